The molecule has 0 fully saturated rings. The Morgan fingerprint density at radius 2 is 0.855 bits per heavy atom. The van der Waals surface area contributed by atoms with Crippen molar-refractivity contribution < 1.29 is 4.42 Å². The molecular weight excluding hydrogens is 671 g/mol. The zero-order chi connectivity index (χ0) is 36.3. The average molecular weight is 702 g/mol. The Morgan fingerprint density at radius 1 is 0.291 bits per heavy atom. The first-order valence-corrected chi connectivity index (χ1v) is 18.5. The minimum atomic E-state index is 0.611. The fourth-order valence-corrected chi connectivity index (χ4v) is 8.08. The van der Waals surface area contributed by atoms with Crippen LogP contribution in [0.3, 0.4) is 0 Å². The molecule has 0 aliphatic heterocycles. The first-order valence-electron chi connectivity index (χ1n) is 18.5. The van der Waals surface area contributed by atoms with Crippen molar-refractivity contribution in [2.75, 3.05) is 0 Å². The van der Waals surface area contributed by atoms with Crippen LogP contribution in [0.4, 0.5) is 0 Å². The molecule has 2 heterocycles. The minimum absolute atomic E-state index is 0.611. The number of benzene rings is 9. The van der Waals surface area contributed by atoms with E-state index in [0.29, 0.717) is 17.5 Å². The van der Waals surface area contributed by atoms with Crippen molar-refractivity contribution in [1.82, 2.24) is 15.0 Å². The van der Waals surface area contributed by atoms with E-state index in [-0.39, 0.29) is 0 Å². The van der Waals surface area contributed by atoms with Gasteiger partial charge in [0.15, 0.2) is 17.5 Å². The number of furan rings is 1. The van der Waals surface area contributed by atoms with Crippen molar-refractivity contribution in [1.29, 1.82) is 0 Å². The van der Waals surface area contributed by atoms with E-state index in [1.807, 2.05) is 54.6 Å². The van der Waals surface area contributed by atoms with Gasteiger partial charge in [0.1, 0.15) is 11.2 Å². The second-order valence-corrected chi connectivity index (χ2v) is 14.0. The molecule has 2 aromatic heterocycles. The molecule has 0 atom stereocenters. The topological polar surface area (TPSA) is 51.8 Å². The number of fused-ring (bicyclic) bond motifs is 7. The summed E-state index contributed by atoms with van der Waals surface area (Å²) in [5.41, 5.74) is 8.92. The summed E-state index contributed by atoms with van der Waals surface area (Å²) in [6.45, 7) is 0. The molecule has 4 heteroatoms. The van der Waals surface area contributed by atoms with Gasteiger partial charge in [0.25, 0.3) is 0 Å². The molecule has 11 aromatic rings. The SMILES string of the molecule is c1ccc(-c2nc(-c3ccc(-c4c5ccccc5cc5c4ccc4ccccc45)cc3)nc(-c3ccccc3-c3ccc4c(c3)oc3ccccc34)n2)cc1. The van der Waals surface area contributed by atoms with E-state index in [2.05, 4.69) is 133 Å². The van der Waals surface area contributed by atoms with Gasteiger partial charge >= 0.3 is 0 Å². The van der Waals surface area contributed by atoms with Crippen LogP contribution in [0.5, 0.6) is 0 Å². The van der Waals surface area contributed by atoms with Crippen LogP contribution in [-0.2, 0) is 0 Å². The Hall–Kier alpha value is -7.43. The van der Waals surface area contributed by atoms with Crippen molar-refractivity contribution in [3.63, 3.8) is 0 Å². The van der Waals surface area contributed by atoms with Gasteiger partial charge < -0.3 is 4.42 Å². The molecule has 9 aromatic carbocycles. The Balaban J connectivity index is 1.06. The van der Waals surface area contributed by atoms with Gasteiger partial charge in [0, 0.05) is 27.5 Å². The lowest BCUT2D eigenvalue weighted by Gasteiger charge is -2.15. The maximum absolute atomic E-state index is 6.28. The maximum Gasteiger partial charge on any atom is 0.164 e. The van der Waals surface area contributed by atoms with Crippen LogP contribution < -0.4 is 0 Å². The van der Waals surface area contributed by atoms with Gasteiger partial charge in [0.2, 0.25) is 0 Å². The largest absolute Gasteiger partial charge is 0.456 e. The van der Waals surface area contributed by atoms with Crippen LogP contribution in [0.2, 0.25) is 0 Å². The van der Waals surface area contributed by atoms with Crippen molar-refractivity contribution >= 4 is 54.3 Å². The van der Waals surface area contributed by atoms with Crippen molar-refractivity contribution in [3.8, 4) is 56.4 Å². The highest BCUT2D eigenvalue weighted by Crippen LogP contribution is 2.41. The molecule has 0 aliphatic rings. The number of para-hydroxylation sites is 1. The van der Waals surface area contributed by atoms with E-state index in [4.69, 9.17) is 19.4 Å². The van der Waals surface area contributed by atoms with Gasteiger partial charge in [-0.3, -0.25) is 0 Å². The van der Waals surface area contributed by atoms with Gasteiger partial charge in [-0.05, 0) is 78.8 Å². The van der Waals surface area contributed by atoms with E-state index in [1.165, 1.54) is 37.9 Å². The zero-order valence-electron chi connectivity index (χ0n) is 29.6. The van der Waals surface area contributed by atoms with E-state index in [1.54, 1.807) is 0 Å². The molecule has 0 amide bonds. The van der Waals surface area contributed by atoms with Crippen LogP contribution in [0, 0.1) is 0 Å². The van der Waals surface area contributed by atoms with Crippen LogP contribution in [0.1, 0.15) is 0 Å². The molecule has 55 heavy (non-hydrogen) atoms. The molecule has 0 saturated heterocycles. The van der Waals surface area contributed by atoms with Gasteiger partial charge in [-0.2, -0.15) is 0 Å². The molecule has 0 bridgehead atoms. The summed E-state index contributed by atoms with van der Waals surface area (Å²) in [4.78, 5) is 15.3. The van der Waals surface area contributed by atoms with E-state index in [0.717, 1.165) is 55.3 Å². The summed E-state index contributed by atoms with van der Waals surface area (Å²) in [5, 5.41) is 9.64. The highest BCUT2D eigenvalue weighted by atomic mass is 16.3. The third-order valence-electron chi connectivity index (χ3n) is 10.7. The predicted octanol–water partition coefficient (Wildman–Crippen LogP) is 13.6. The highest BCUT2D eigenvalue weighted by molar-refractivity contribution is 6.20. The van der Waals surface area contributed by atoms with Gasteiger partial charge in [-0.1, -0.05) is 164 Å². The molecule has 0 aliphatic carbocycles. The second-order valence-electron chi connectivity index (χ2n) is 14.0. The molecule has 0 radical (unpaired) electrons. The lowest BCUT2D eigenvalue weighted by atomic mass is 9.89. The lowest BCUT2D eigenvalue weighted by Crippen LogP contribution is -2.01. The summed E-state index contributed by atoms with van der Waals surface area (Å²) < 4.78 is 6.28. The standard InChI is InChI=1S/C51H31N3O/c1-2-13-34(14-3-1)49-52-50(54-51(53-49)44-20-9-8-17-39(44)37-27-28-42-41-19-10-11-21-46(41)55-47(42)31-37)35-24-22-33(23-25-35)48-40-18-7-5-15-36(40)30-45-38-16-6-4-12-32(38)26-29-43(45)48/h1-31H. The molecule has 256 valence electrons. The molecule has 0 spiro atoms. The zero-order valence-corrected chi connectivity index (χ0v) is 29.6. The Bertz CT molecular complexity index is 3260. The molecule has 0 N–H and O–H groups in total. The van der Waals surface area contributed by atoms with E-state index < -0.39 is 0 Å². The van der Waals surface area contributed by atoms with Crippen molar-refractivity contribution in [2.24, 2.45) is 0 Å². The number of rotatable bonds is 5. The molecular formula is C51H31N3O. The normalized spacial score (nSPS) is 11.6. The van der Waals surface area contributed by atoms with Crippen molar-refractivity contribution in [3.05, 3.63) is 188 Å². The summed E-state index contributed by atoms with van der Waals surface area (Å²) in [5.74, 6) is 1.85. The molecule has 11 rings (SSSR count). The third-order valence-corrected chi connectivity index (χ3v) is 10.7. The fraction of sp³-hybridized carbons (Fsp3) is 0. The first kappa shape index (κ1) is 31.1. The second kappa shape index (κ2) is 12.6. The predicted molar refractivity (Wildman–Crippen MR) is 227 cm³/mol. The van der Waals surface area contributed by atoms with Gasteiger partial charge in [-0.25, -0.2) is 15.0 Å². The van der Waals surface area contributed by atoms with Crippen molar-refractivity contribution in [2.45, 2.75) is 0 Å². The highest BCUT2D eigenvalue weighted by Gasteiger charge is 2.18. The van der Waals surface area contributed by atoms with Gasteiger partial charge in [-0.15, -0.1) is 0 Å². The molecule has 0 saturated carbocycles. The maximum atomic E-state index is 6.28. The quantitative estimate of drug-likeness (QED) is 0.132. The van der Waals surface area contributed by atoms with Gasteiger partial charge in [0.05, 0.1) is 0 Å². The Labute approximate surface area is 317 Å². The summed E-state index contributed by atoms with van der Waals surface area (Å²) in [7, 11) is 0. The number of nitrogens with zero attached hydrogens (tertiary/aromatic N) is 3. The summed E-state index contributed by atoms with van der Waals surface area (Å²) in [6.07, 6.45) is 0. The average Bonchev–Trinajstić information content (AvgIpc) is 3.64. The number of hydrogen-bond acceptors (Lipinski definition) is 4. The fourth-order valence-electron chi connectivity index (χ4n) is 8.08. The lowest BCUT2D eigenvalue weighted by molar-refractivity contribution is 0.669. The summed E-state index contributed by atoms with van der Waals surface area (Å²) in [6, 6.07) is 65.8. The third kappa shape index (κ3) is 5.26. The van der Waals surface area contributed by atoms with Crippen LogP contribution in [0.15, 0.2) is 192 Å². The van der Waals surface area contributed by atoms with Crippen LogP contribution in [0.25, 0.3) is 111 Å². The Kier molecular flexibility index (Phi) is 7.14. The molecule has 4 nitrogen and oxygen atoms in total. The molecule has 0 unspecified atom stereocenters. The first-order chi connectivity index (χ1) is 27.2. The Morgan fingerprint density at radius 3 is 1.67 bits per heavy atom. The summed E-state index contributed by atoms with van der Waals surface area (Å²) >= 11 is 0. The number of hydrogen-bond donors (Lipinski definition) is 0. The number of aromatic nitrogens is 3. The van der Waals surface area contributed by atoms with E-state index in [9.17, 15) is 0 Å². The minimum Gasteiger partial charge on any atom is -0.456 e. The van der Waals surface area contributed by atoms with E-state index >= 15 is 0 Å². The van der Waals surface area contributed by atoms with Crippen LogP contribution in [-0.4, -0.2) is 15.0 Å². The smallest absolute Gasteiger partial charge is 0.164 e. The monoisotopic (exact) mass is 701 g/mol. The van der Waals surface area contributed by atoms with Crippen LogP contribution >= 0.6 is 0 Å².